The fourth-order valence-electron chi connectivity index (χ4n) is 2.76. The van der Waals surface area contributed by atoms with E-state index in [0.717, 1.165) is 49.1 Å². The summed E-state index contributed by atoms with van der Waals surface area (Å²) in [6, 6.07) is 0. The SMILES string of the molecule is CCc1nn(C)c(CN2CCCC(C(=O)OC)C2)c1Br. The Bertz CT molecular complexity index is 487. The number of rotatable bonds is 4. The predicted octanol–water partition coefficient (Wildman–Crippen LogP) is 2.13. The number of likely N-dealkylation sites (tertiary alicyclic amines) is 1. The van der Waals surface area contributed by atoms with Crippen LogP contribution in [0.2, 0.25) is 0 Å². The van der Waals surface area contributed by atoms with Crippen LogP contribution >= 0.6 is 15.9 Å². The van der Waals surface area contributed by atoms with Gasteiger partial charge in [-0.25, -0.2) is 0 Å². The third-order valence-corrected chi connectivity index (χ3v) is 4.83. The Morgan fingerprint density at radius 3 is 2.90 bits per heavy atom. The number of ether oxygens (including phenoxy) is 1. The monoisotopic (exact) mass is 343 g/mol. The third kappa shape index (κ3) is 3.23. The predicted molar refractivity (Wildman–Crippen MR) is 80.3 cm³/mol. The van der Waals surface area contributed by atoms with Gasteiger partial charge in [0.25, 0.3) is 0 Å². The number of methoxy groups -OCH3 is 1. The third-order valence-electron chi connectivity index (χ3n) is 3.92. The van der Waals surface area contributed by atoms with E-state index in [1.807, 2.05) is 11.7 Å². The van der Waals surface area contributed by atoms with E-state index >= 15 is 0 Å². The standard InChI is InChI=1S/C14H22BrN3O2/c1-4-11-13(15)12(17(2)16-11)9-18-7-5-6-10(8-18)14(19)20-3/h10H,4-9H2,1-3H3. The van der Waals surface area contributed by atoms with Crippen LogP contribution in [0.5, 0.6) is 0 Å². The van der Waals surface area contributed by atoms with E-state index in [1.54, 1.807) is 0 Å². The van der Waals surface area contributed by atoms with E-state index in [2.05, 4.69) is 32.9 Å². The average Bonchev–Trinajstić information content (AvgIpc) is 2.74. The summed E-state index contributed by atoms with van der Waals surface area (Å²) in [5.74, 6) is -0.0839. The van der Waals surface area contributed by atoms with E-state index in [0.29, 0.717) is 0 Å². The van der Waals surface area contributed by atoms with Crippen molar-refractivity contribution in [2.24, 2.45) is 13.0 Å². The van der Waals surface area contributed by atoms with Crippen molar-refractivity contribution in [2.75, 3.05) is 20.2 Å². The number of halogens is 1. The second-order valence-corrected chi connectivity index (χ2v) is 6.07. The number of carbonyl (C=O) groups is 1. The van der Waals surface area contributed by atoms with Crippen LogP contribution in [-0.4, -0.2) is 40.8 Å². The van der Waals surface area contributed by atoms with E-state index in [9.17, 15) is 4.79 Å². The summed E-state index contributed by atoms with van der Waals surface area (Å²) >= 11 is 3.65. The molecule has 0 amide bonds. The quantitative estimate of drug-likeness (QED) is 0.785. The van der Waals surface area contributed by atoms with Gasteiger partial charge in [0.1, 0.15) is 0 Å². The molecule has 0 spiro atoms. The van der Waals surface area contributed by atoms with Gasteiger partial charge in [-0.05, 0) is 41.7 Å². The largest absolute Gasteiger partial charge is 0.469 e. The maximum atomic E-state index is 11.7. The van der Waals surface area contributed by atoms with Gasteiger partial charge in [-0.2, -0.15) is 5.10 Å². The lowest BCUT2D eigenvalue weighted by molar-refractivity contribution is -0.147. The summed E-state index contributed by atoms with van der Waals surface area (Å²) in [6.45, 7) is 4.71. The lowest BCUT2D eigenvalue weighted by Gasteiger charge is -2.31. The summed E-state index contributed by atoms with van der Waals surface area (Å²) in [5.41, 5.74) is 2.26. The molecule has 1 aromatic rings. The number of esters is 1. The first-order valence-electron chi connectivity index (χ1n) is 7.07. The molecular weight excluding hydrogens is 322 g/mol. The second kappa shape index (κ2) is 6.72. The topological polar surface area (TPSA) is 47.4 Å². The Kier molecular flexibility index (Phi) is 5.21. The van der Waals surface area contributed by atoms with Gasteiger partial charge < -0.3 is 4.74 Å². The molecule has 1 aliphatic heterocycles. The smallest absolute Gasteiger partial charge is 0.309 e. The zero-order valence-electron chi connectivity index (χ0n) is 12.4. The van der Waals surface area contributed by atoms with Crippen molar-refractivity contribution in [3.05, 3.63) is 15.9 Å². The maximum absolute atomic E-state index is 11.7. The molecule has 2 rings (SSSR count). The van der Waals surface area contributed by atoms with Gasteiger partial charge in [-0.3, -0.25) is 14.4 Å². The van der Waals surface area contributed by atoms with Gasteiger partial charge in [-0.15, -0.1) is 0 Å². The molecule has 0 N–H and O–H groups in total. The highest BCUT2D eigenvalue weighted by Crippen LogP contribution is 2.25. The van der Waals surface area contributed by atoms with Crippen molar-refractivity contribution < 1.29 is 9.53 Å². The molecule has 112 valence electrons. The Labute approximate surface area is 128 Å². The van der Waals surface area contributed by atoms with Gasteiger partial charge in [0.05, 0.1) is 28.9 Å². The molecular formula is C14H22BrN3O2. The summed E-state index contributed by atoms with van der Waals surface area (Å²) in [6.07, 6.45) is 2.88. The summed E-state index contributed by atoms with van der Waals surface area (Å²) in [7, 11) is 3.44. The molecule has 1 unspecified atom stereocenters. The lowest BCUT2D eigenvalue weighted by atomic mass is 9.98. The first-order chi connectivity index (χ1) is 9.56. The summed E-state index contributed by atoms with van der Waals surface area (Å²) in [4.78, 5) is 14.0. The van der Waals surface area contributed by atoms with Gasteiger partial charge in [0, 0.05) is 20.1 Å². The van der Waals surface area contributed by atoms with Crippen LogP contribution in [0.1, 0.15) is 31.2 Å². The van der Waals surface area contributed by atoms with Crippen LogP contribution in [0.4, 0.5) is 0 Å². The minimum absolute atomic E-state index is 0.00592. The molecule has 0 aliphatic carbocycles. The highest BCUT2D eigenvalue weighted by atomic mass is 79.9. The molecule has 0 saturated carbocycles. The van der Waals surface area contributed by atoms with Crippen LogP contribution in [0.25, 0.3) is 0 Å². The van der Waals surface area contributed by atoms with Crippen molar-refractivity contribution in [1.82, 2.24) is 14.7 Å². The van der Waals surface area contributed by atoms with Crippen LogP contribution < -0.4 is 0 Å². The molecule has 0 radical (unpaired) electrons. The van der Waals surface area contributed by atoms with Crippen LogP contribution in [0.3, 0.4) is 0 Å². The van der Waals surface area contributed by atoms with E-state index in [-0.39, 0.29) is 11.9 Å². The van der Waals surface area contributed by atoms with Crippen molar-refractivity contribution in [1.29, 1.82) is 0 Å². The molecule has 1 aromatic heterocycles. The van der Waals surface area contributed by atoms with Crippen molar-refractivity contribution in [2.45, 2.75) is 32.7 Å². The summed E-state index contributed by atoms with van der Waals surface area (Å²) in [5, 5.41) is 4.52. The van der Waals surface area contributed by atoms with Crippen LogP contribution in [0.15, 0.2) is 4.47 Å². The molecule has 0 aromatic carbocycles. The number of hydrogen-bond donors (Lipinski definition) is 0. The minimum atomic E-state index is -0.0898. The molecule has 1 aliphatic rings. The van der Waals surface area contributed by atoms with Gasteiger partial charge in [0.15, 0.2) is 0 Å². The Hall–Kier alpha value is -0.880. The van der Waals surface area contributed by atoms with Gasteiger partial charge in [-0.1, -0.05) is 6.92 Å². The van der Waals surface area contributed by atoms with Crippen LogP contribution in [-0.2, 0) is 29.5 Å². The van der Waals surface area contributed by atoms with Gasteiger partial charge >= 0.3 is 5.97 Å². The zero-order chi connectivity index (χ0) is 14.7. The number of aryl methyl sites for hydroxylation is 2. The number of nitrogens with zero attached hydrogens (tertiary/aromatic N) is 3. The lowest BCUT2D eigenvalue weighted by Crippen LogP contribution is -2.39. The highest BCUT2D eigenvalue weighted by Gasteiger charge is 2.27. The Morgan fingerprint density at radius 2 is 2.30 bits per heavy atom. The molecule has 5 nitrogen and oxygen atoms in total. The fourth-order valence-corrected chi connectivity index (χ4v) is 3.50. The molecule has 0 bridgehead atoms. The Morgan fingerprint density at radius 1 is 1.55 bits per heavy atom. The number of aromatic nitrogens is 2. The molecule has 1 atom stereocenters. The van der Waals surface area contributed by atoms with Crippen LogP contribution in [0, 0.1) is 5.92 Å². The molecule has 6 heteroatoms. The zero-order valence-corrected chi connectivity index (χ0v) is 13.9. The maximum Gasteiger partial charge on any atom is 0.309 e. The Balaban J connectivity index is 2.06. The number of hydrogen-bond acceptors (Lipinski definition) is 4. The van der Waals surface area contributed by atoms with E-state index in [1.165, 1.54) is 12.8 Å². The normalized spacial score (nSPS) is 20.1. The fraction of sp³-hybridized carbons (Fsp3) is 0.714. The van der Waals surface area contributed by atoms with E-state index in [4.69, 9.17) is 4.74 Å². The number of carbonyl (C=O) groups excluding carboxylic acids is 1. The molecule has 20 heavy (non-hydrogen) atoms. The molecule has 1 saturated heterocycles. The summed E-state index contributed by atoms with van der Waals surface area (Å²) < 4.78 is 7.90. The van der Waals surface area contributed by atoms with Gasteiger partial charge in [0.2, 0.25) is 0 Å². The second-order valence-electron chi connectivity index (χ2n) is 5.28. The first-order valence-corrected chi connectivity index (χ1v) is 7.86. The molecule has 2 heterocycles. The van der Waals surface area contributed by atoms with E-state index < -0.39 is 0 Å². The van der Waals surface area contributed by atoms with Crippen molar-refractivity contribution in [3.63, 3.8) is 0 Å². The van der Waals surface area contributed by atoms with Crippen molar-refractivity contribution >= 4 is 21.9 Å². The average molecular weight is 344 g/mol. The van der Waals surface area contributed by atoms with Crippen molar-refractivity contribution in [3.8, 4) is 0 Å². The highest BCUT2D eigenvalue weighted by molar-refractivity contribution is 9.10. The first kappa shape index (κ1) is 15.5. The molecule has 1 fully saturated rings. The number of piperidine rings is 1. The minimum Gasteiger partial charge on any atom is -0.469 e.